The summed E-state index contributed by atoms with van der Waals surface area (Å²) in [6.45, 7) is 2.69. The van der Waals surface area contributed by atoms with Gasteiger partial charge in [-0.15, -0.1) is 0 Å². The number of anilines is 2. The smallest absolute Gasteiger partial charge is 0.307 e. The number of fused-ring (bicyclic) bond motifs is 1. The predicted octanol–water partition coefficient (Wildman–Crippen LogP) is 5.80. The van der Waals surface area contributed by atoms with Crippen LogP contribution in [0.3, 0.4) is 0 Å². The number of carbonyl (C=O) groups excluding carboxylic acids is 1. The number of halogens is 1. The molecule has 0 aliphatic rings. The molecule has 4 rings (SSSR count). The summed E-state index contributed by atoms with van der Waals surface area (Å²) in [6, 6.07) is 21.7. The quantitative estimate of drug-likeness (QED) is 0.426. The van der Waals surface area contributed by atoms with E-state index in [1.807, 2.05) is 48.7 Å². The zero-order chi connectivity index (χ0) is 19.5. The van der Waals surface area contributed by atoms with Crippen molar-refractivity contribution in [2.24, 2.45) is 0 Å². The number of amides is 2. The Labute approximate surface area is 171 Å². The second-order valence-corrected chi connectivity index (χ2v) is 7.47. The molecule has 4 aromatic rings. The van der Waals surface area contributed by atoms with Crippen LogP contribution in [0, 0.1) is 6.92 Å². The predicted molar refractivity (Wildman–Crippen MR) is 117 cm³/mol. The van der Waals surface area contributed by atoms with E-state index < -0.39 is 0 Å². The van der Waals surface area contributed by atoms with E-state index in [-0.39, 0.29) is 6.03 Å². The highest BCUT2D eigenvalue weighted by Gasteiger charge is 2.12. The maximum Gasteiger partial charge on any atom is 0.324 e. The molecular formula is C22H19BrN4O. The standard InChI is InChI=1S/C22H19BrN4O/c1-15-9-11-16(12-10-15)13-27-14-19(23)21(26-27)25-22(28)24-20-8-4-6-17-5-2-3-7-18(17)20/h2-12,14H,13H2,1H3,(H2,24,25,26,28). The molecule has 3 aromatic carbocycles. The Bertz CT molecular complexity index is 1130. The van der Waals surface area contributed by atoms with Crippen LogP contribution in [0.2, 0.25) is 0 Å². The van der Waals surface area contributed by atoms with Crippen molar-refractivity contribution in [1.29, 1.82) is 0 Å². The van der Waals surface area contributed by atoms with Crippen LogP contribution < -0.4 is 10.6 Å². The molecule has 0 saturated heterocycles. The van der Waals surface area contributed by atoms with E-state index in [9.17, 15) is 4.79 Å². The number of benzene rings is 3. The van der Waals surface area contributed by atoms with Crippen LogP contribution in [0.1, 0.15) is 11.1 Å². The van der Waals surface area contributed by atoms with Crippen LogP contribution in [-0.2, 0) is 6.54 Å². The average molecular weight is 435 g/mol. The van der Waals surface area contributed by atoms with Crippen LogP contribution >= 0.6 is 15.9 Å². The lowest BCUT2D eigenvalue weighted by atomic mass is 10.1. The number of aromatic nitrogens is 2. The molecule has 28 heavy (non-hydrogen) atoms. The molecule has 140 valence electrons. The van der Waals surface area contributed by atoms with Crippen molar-refractivity contribution in [1.82, 2.24) is 9.78 Å². The number of carbonyl (C=O) groups is 1. The van der Waals surface area contributed by atoms with Gasteiger partial charge in [0.2, 0.25) is 0 Å². The minimum atomic E-state index is -0.336. The number of rotatable bonds is 4. The van der Waals surface area contributed by atoms with Crippen molar-refractivity contribution in [2.75, 3.05) is 10.6 Å². The van der Waals surface area contributed by atoms with E-state index in [1.54, 1.807) is 4.68 Å². The summed E-state index contributed by atoms with van der Waals surface area (Å²) in [5, 5.41) is 12.2. The lowest BCUT2D eigenvalue weighted by Crippen LogP contribution is -2.20. The number of nitrogens with zero attached hydrogens (tertiary/aromatic N) is 2. The van der Waals surface area contributed by atoms with Gasteiger partial charge in [-0.3, -0.25) is 10.00 Å². The molecule has 0 spiro atoms. The third-order valence-electron chi connectivity index (χ3n) is 4.45. The van der Waals surface area contributed by atoms with E-state index in [0.29, 0.717) is 12.4 Å². The van der Waals surface area contributed by atoms with Crippen LogP contribution in [0.15, 0.2) is 77.4 Å². The molecule has 5 nitrogen and oxygen atoms in total. The lowest BCUT2D eigenvalue weighted by Gasteiger charge is -2.09. The fraction of sp³-hybridized carbons (Fsp3) is 0.0909. The normalized spacial score (nSPS) is 10.8. The van der Waals surface area contributed by atoms with E-state index >= 15 is 0 Å². The molecule has 6 heteroatoms. The molecule has 0 aliphatic carbocycles. The molecule has 0 atom stereocenters. The van der Waals surface area contributed by atoms with E-state index in [0.717, 1.165) is 26.5 Å². The number of hydrogen-bond donors (Lipinski definition) is 2. The highest BCUT2D eigenvalue weighted by Crippen LogP contribution is 2.24. The fourth-order valence-corrected chi connectivity index (χ4v) is 3.45. The fourth-order valence-electron chi connectivity index (χ4n) is 3.04. The molecular weight excluding hydrogens is 416 g/mol. The van der Waals surface area contributed by atoms with Gasteiger partial charge in [0, 0.05) is 11.6 Å². The number of nitrogens with one attached hydrogen (secondary N) is 2. The molecule has 0 fully saturated rings. The first-order chi connectivity index (χ1) is 13.6. The monoisotopic (exact) mass is 434 g/mol. The number of hydrogen-bond acceptors (Lipinski definition) is 2. The largest absolute Gasteiger partial charge is 0.324 e. The summed E-state index contributed by atoms with van der Waals surface area (Å²) < 4.78 is 2.52. The summed E-state index contributed by atoms with van der Waals surface area (Å²) in [6.07, 6.45) is 1.85. The Morgan fingerprint density at radius 1 is 1.00 bits per heavy atom. The maximum atomic E-state index is 12.5. The van der Waals surface area contributed by atoms with Crippen molar-refractivity contribution < 1.29 is 4.79 Å². The summed E-state index contributed by atoms with van der Waals surface area (Å²) in [4.78, 5) is 12.5. The van der Waals surface area contributed by atoms with Crippen LogP contribution in [0.4, 0.5) is 16.3 Å². The van der Waals surface area contributed by atoms with Gasteiger partial charge in [0.25, 0.3) is 0 Å². The first-order valence-corrected chi connectivity index (χ1v) is 9.72. The lowest BCUT2D eigenvalue weighted by molar-refractivity contribution is 0.262. The van der Waals surface area contributed by atoms with Crippen LogP contribution in [0.5, 0.6) is 0 Å². The Morgan fingerprint density at radius 2 is 1.75 bits per heavy atom. The third kappa shape index (κ3) is 4.07. The summed E-state index contributed by atoms with van der Waals surface area (Å²) in [5.74, 6) is 0.477. The summed E-state index contributed by atoms with van der Waals surface area (Å²) in [7, 11) is 0. The maximum absolute atomic E-state index is 12.5. The van der Waals surface area contributed by atoms with Gasteiger partial charge in [0.1, 0.15) is 0 Å². The minimum absolute atomic E-state index is 0.336. The Hall–Kier alpha value is -3.12. The van der Waals surface area contributed by atoms with Crippen molar-refractivity contribution in [2.45, 2.75) is 13.5 Å². The Kier molecular flexibility index (Phi) is 5.12. The molecule has 0 bridgehead atoms. The van der Waals surface area contributed by atoms with Gasteiger partial charge in [-0.1, -0.05) is 66.2 Å². The molecule has 2 N–H and O–H groups in total. The van der Waals surface area contributed by atoms with Crippen molar-refractivity contribution >= 4 is 44.2 Å². The second-order valence-electron chi connectivity index (χ2n) is 6.61. The van der Waals surface area contributed by atoms with Gasteiger partial charge in [-0.25, -0.2) is 4.79 Å². The average Bonchev–Trinajstić information content (AvgIpc) is 3.02. The summed E-state index contributed by atoms with van der Waals surface area (Å²) in [5.41, 5.74) is 3.12. The Morgan fingerprint density at radius 3 is 2.57 bits per heavy atom. The van der Waals surface area contributed by atoms with Gasteiger partial charge in [0.15, 0.2) is 5.82 Å². The van der Waals surface area contributed by atoms with Gasteiger partial charge in [-0.2, -0.15) is 5.10 Å². The first-order valence-electron chi connectivity index (χ1n) is 8.93. The van der Waals surface area contributed by atoms with Gasteiger partial charge in [-0.05, 0) is 39.9 Å². The summed E-state index contributed by atoms with van der Waals surface area (Å²) >= 11 is 3.47. The molecule has 0 aliphatic heterocycles. The molecule has 1 heterocycles. The highest BCUT2D eigenvalue weighted by atomic mass is 79.9. The molecule has 0 saturated carbocycles. The van der Waals surface area contributed by atoms with Gasteiger partial charge >= 0.3 is 6.03 Å². The number of aryl methyl sites for hydroxylation is 1. The Balaban J connectivity index is 1.47. The first kappa shape index (κ1) is 18.3. The SMILES string of the molecule is Cc1ccc(Cn2cc(Br)c(NC(=O)Nc3cccc4ccccc34)n2)cc1. The van der Waals surface area contributed by atoms with Crippen LogP contribution in [-0.4, -0.2) is 15.8 Å². The van der Waals surface area contributed by atoms with E-state index in [1.165, 1.54) is 5.56 Å². The van der Waals surface area contributed by atoms with Crippen LogP contribution in [0.25, 0.3) is 10.8 Å². The van der Waals surface area contributed by atoms with Crippen molar-refractivity contribution in [3.8, 4) is 0 Å². The van der Waals surface area contributed by atoms with Gasteiger partial charge < -0.3 is 5.32 Å². The topological polar surface area (TPSA) is 59.0 Å². The van der Waals surface area contributed by atoms with Crippen molar-refractivity contribution in [3.05, 3.63) is 88.5 Å². The zero-order valence-electron chi connectivity index (χ0n) is 15.3. The zero-order valence-corrected chi connectivity index (χ0v) is 16.9. The van der Waals surface area contributed by atoms with Crippen molar-refractivity contribution in [3.63, 3.8) is 0 Å². The molecule has 0 radical (unpaired) electrons. The third-order valence-corrected chi connectivity index (χ3v) is 5.03. The molecule has 0 unspecified atom stereocenters. The molecule has 2 amide bonds. The van der Waals surface area contributed by atoms with E-state index in [4.69, 9.17) is 0 Å². The minimum Gasteiger partial charge on any atom is -0.307 e. The second kappa shape index (κ2) is 7.86. The van der Waals surface area contributed by atoms with Gasteiger partial charge in [0.05, 0.1) is 16.7 Å². The molecule has 1 aromatic heterocycles. The highest BCUT2D eigenvalue weighted by molar-refractivity contribution is 9.10. The van der Waals surface area contributed by atoms with E-state index in [2.05, 4.69) is 62.9 Å². The number of urea groups is 1.